The number of rotatable bonds is 7. The quantitative estimate of drug-likeness (QED) is 0.510. The Bertz CT molecular complexity index is 1190. The van der Waals surface area contributed by atoms with E-state index in [1.54, 1.807) is 31.2 Å². The lowest BCUT2D eigenvalue weighted by molar-refractivity contribution is -0.115. The highest BCUT2D eigenvalue weighted by Gasteiger charge is 2.17. The maximum Gasteiger partial charge on any atom is 0.261 e. The Labute approximate surface area is 179 Å². The zero-order valence-electron chi connectivity index (χ0n) is 16.6. The van der Waals surface area contributed by atoms with Crippen LogP contribution >= 0.6 is 0 Å². The highest BCUT2D eigenvalue weighted by atomic mass is 32.2. The molecule has 0 heterocycles. The van der Waals surface area contributed by atoms with Crippen LogP contribution in [0.1, 0.15) is 23.7 Å². The number of benzene rings is 3. The highest BCUT2D eigenvalue weighted by Crippen LogP contribution is 2.19. The fourth-order valence-electron chi connectivity index (χ4n) is 2.63. The topological polar surface area (TPSA) is 104 Å². The second-order valence-electron chi connectivity index (χ2n) is 6.57. The fourth-order valence-corrected chi connectivity index (χ4v) is 3.73. The number of nitrogens with one attached hydrogen (secondary N) is 3. The molecule has 2 amide bonds. The summed E-state index contributed by atoms with van der Waals surface area (Å²) >= 11 is 0. The van der Waals surface area contributed by atoms with E-state index in [-0.39, 0.29) is 22.1 Å². The third-order valence-electron chi connectivity index (χ3n) is 4.25. The van der Waals surface area contributed by atoms with Crippen molar-refractivity contribution in [2.24, 2.45) is 0 Å². The summed E-state index contributed by atoms with van der Waals surface area (Å²) in [6.07, 6.45) is 0.355. The number of sulfonamides is 1. The van der Waals surface area contributed by atoms with Crippen LogP contribution in [0.4, 0.5) is 21.5 Å². The Morgan fingerprint density at radius 2 is 1.42 bits per heavy atom. The second-order valence-corrected chi connectivity index (χ2v) is 8.26. The Hall–Kier alpha value is -3.72. The lowest BCUT2D eigenvalue weighted by Crippen LogP contribution is -2.16. The van der Waals surface area contributed by atoms with Crippen LogP contribution in [0.15, 0.2) is 77.7 Å². The van der Waals surface area contributed by atoms with Gasteiger partial charge in [-0.05, 0) is 66.7 Å². The summed E-state index contributed by atoms with van der Waals surface area (Å²) < 4.78 is 40.6. The smallest absolute Gasteiger partial charge is 0.261 e. The zero-order chi connectivity index (χ0) is 22.4. The van der Waals surface area contributed by atoms with Gasteiger partial charge in [-0.15, -0.1) is 0 Å². The maximum atomic E-state index is 13.0. The summed E-state index contributed by atoms with van der Waals surface area (Å²) in [6.45, 7) is 1.74. The molecule has 0 spiro atoms. The van der Waals surface area contributed by atoms with Gasteiger partial charge in [0.25, 0.3) is 15.9 Å². The molecule has 3 aromatic carbocycles. The van der Waals surface area contributed by atoms with Crippen LogP contribution in [-0.2, 0) is 14.8 Å². The van der Waals surface area contributed by atoms with E-state index in [1.807, 2.05) is 0 Å². The number of hydrogen-bond donors (Lipinski definition) is 3. The molecule has 31 heavy (non-hydrogen) atoms. The first-order valence-electron chi connectivity index (χ1n) is 9.36. The normalized spacial score (nSPS) is 10.9. The van der Waals surface area contributed by atoms with Crippen LogP contribution in [0.25, 0.3) is 0 Å². The van der Waals surface area contributed by atoms with Crippen LogP contribution in [0.3, 0.4) is 0 Å². The number of amides is 2. The van der Waals surface area contributed by atoms with E-state index < -0.39 is 21.7 Å². The number of hydrogen-bond acceptors (Lipinski definition) is 4. The Kier molecular flexibility index (Phi) is 6.66. The lowest BCUT2D eigenvalue weighted by atomic mass is 10.2. The SMILES string of the molecule is CCC(=O)Nc1ccc(NC(=O)c2cccc(S(=O)(=O)Nc3ccc(F)cc3)c2)cc1. The molecule has 0 radical (unpaired) electrons. The van der Waals surface area contributed by atoms with Crippen LogP contribution in [0.5, 0.6) is 0 Å². The summed E-state index contributed by atoms with van der Waals surface area (Å²) in [5.41, 5.74) is 1.43. The Balaban J connectivity index is 1.72. The van der Waals surface area contributed by atoms with E-state index in [0.717, 1.165) is 12.1 Å². The first kappa shape index (κ1) is 22.0. The highest BCUT2D eigenvalue weighted by molar-refractivity contribution is 7.92. The summed E-state index contributed by atoms with van der Waals surface area (Å²) in [7, 11) is -3.97. The molecule has 160 valence electrons. The standard InChI is InChI=1S/C22H20FN3O4S/c1-2-21(27)24-17-10-12-18(13-11-17)25-22(28)15-4-3-5-20(14-15)31(29,30)26-19-8-6-16(23)7-9-19/h3-14,26H,2H2,1H3,(H,24,27)(H,25,28). The van der Waals surface area contributed by atoms with E-state index in [0.29, 0.717) is 17.8 Å². The van der Waals surface area contributed by atoms with Crippen molar-refractivity contribution in [3.05, 3.63) is 84.2 Å². The molecule has 0 bridgehead atoms. The third-order valence-corrected chi connectivity index (χ3v) is 5.63. The van der Waals surface area contributed by atoms with Crippen LogP contribution < -0.4 is 15.4 Å². The van der Waals surface area contributed by atoms with Crippen molar-refractivity contribution in [1.29, 1.82) is 0 Å². The van der Waals surface area contributed by atoms with Gasteiger partial charge in [0.05, 0.1) is 4.90 Å². The Morgan fingerprint density at radius 3 is 2.03 bits per heavy atom. The molecule has 0 aliphatic heterocycles. The van der Waals surface area contributed by atoms with Crippen LogP contribution in [-0.4, -0.2) is 20.2 Å². The largest absolute Gasteiger partial charge is 0.326 e. The van der Waals surface area contributed by atoms with Crippen molar-refractivity contribution in [2.75, 3.05) is 15.4 Å². The Morgan fingerprint density at radius 1 is 0.839 bits per heavy atom. The predicted molar refractivity (Wildman–Crippen MR) is 117 cm³/mol. The molecule has 0 atom stereocenters. The van der Waals surface area contributed by atoms with Gasteiger partial charge in [0.1, 0.15) is 5.82 Å². The second kappa shape index (κ2) is 9.40. The molecular weight excluding hydrogens is 421 g/mol. The van der Waals surface area contributed by atoms with Gasteiger partial charge in [-0.3, -0.25) is 14.3 Å². The van der Waals surface area contributed by atoms with Crippen LogP contribution in [0, 0.1) is 5.82 Å². The van der Waals surface area contributed by atoms with E-state index in [9.17, 15) is 22.4 Å². The zero-order valence-corrected chi connectivity index (χ0v) is 17.4. The van der Waals surface area contributed by atoms with Gasteiger partial charge in [0, 0.05) is 29.0 Å². The van der Waals surface area contributed by atoms with Gasteiger partial charge in [-0.2, -0.15) is 0 Å². The minimum atomic E-state index is -3.97. The maximum absolute atomic E-state index is 13.0. The molecular formula is C22H20FN3O4S. The van der Waals surface area contributed by atoms with Gasteiger partial charge in [0.2, 0.25) is 5.91 Å². The average molecular weight is 441 g/mol. The minimum Gasteiger partial charge on any atom is -0.326 e. The summed E-state index contributed by atoms with van der Waals surface area (Å²) in [5.74, 6) is -1.10. The van der Waals surface area contributed by atoms with Gasteiger partial charge >= 0.3 is 0 Å². The molecule has 3 aromatic rings. The van der Waals surface area contributed by atoms with E-state index in [4.69, 9.17) is 0 Å². The van der Waals surface area contributed by atoms with E-state index in [1.165, 1.54) is 36.4 Å². The third kappa shape index (κ3) is 5.89. The van der Waals surface area contributed by atoms with Crippen LogP contribution in [0.2, 0.25) is 0 Å². The fraction of sp³-hybridized carbons (Fsp3) is 0.0909. The first-order valence-corrected chi connectivity index (χ1v) is 10.8. The molecule has 3 rings (SSSR count). The van der Waals surface area contributed by atoms with E-state index >= 15 is 0 Å². The number of anilines is 3. The van der Waals surface area contributed by atoms with Crippen molar-refractivity contribution < 1.29 is 22.4 Å². The van der Waals surface area contributed by atoms with Gasteiger partial charge in [0.15, 0.2) is 0 Å². The molecule has 0 fully saturated rings. The predicted octanol–water partition coefficient (Wildman–Crippen LogP) is 4.23. The van der Waals surface area contributed by atoms with Gasteiger partial charge in [-0.1, -0.05) is 13.0 Å². The molecule has 0 aliphatic carbocycles. The average Bonchev–Trinajstić information content (AvgIpc) is 2.76. The summed E-state index contributed by atoms with van der Waals surface area (Å²) in [4.78, 5) is 23.9. The molecule has 0 saturated carbocycles. The van der Waals surface area contributed by atoms with Crippen molar-refractivity contribution >= 4 is 38.9 Å². The summed E-state index contributed by atoms with van der Waals surface area (Å²) in [6, 6.07) is 17.0. The summed E-state index contributed by atoms with van der Waals surface area (Å²) in [5, 5.41) is 5.38. The molecule has 0 saturated heterocycles. The minimum absolute atomic E-state index is 0.109. The number of carbonyl (C=O) groups is 2. The molecule has 0 unspecified atom stereocenters. The monoisotopic (exact) mass is 441 g/mol. The first-order chi connectivity index (χ1) is 14.8. The van der Waals surface area contributed by atoms with Gasteiger partial charge in [-0.25, -0.2) is 12.8 Å². The number of carbonyl (C=O) groups excluding carboxylic acids is 2. The molecule has 0 aromatic heterocycles. The van der Waals surface area contributed by atoms with Crippen molar-refractivity contribution in [3.8, 4) is 0 Å². The van der Waals surface area contributed by atoms with Crippen molar-refractivity contribution in [2.45, 2.75) is 18.2 Å². The molecule has 9 heteroatoms. The van der Waals surface area contributed by atoms with Crippen molar-refractivity contribution in [3.63, 3.8) is 0 Å². The number of halogens is 1. The van der Waals surface area contributed by atoms with E-state index in [2.05, 4.69) is 15.4 Å². The molecule has 3 N–H and O–H groups in total. The van der Waals surface area contributed by atoms with Crippen molar-refractivity contribution in [1.82, 2.24) is 0 Å². The molecule has 0 aliphatic rings. The van der Waals surface area contributed by atoms with Gasteiger partial charge < -0.3 is 10.6 Å². The lowest BCUT2D eigenvalue weighted by Gasteiger charge is -2.10. The molecule has 7 nitrogen and oxygen atoms in total.